The summed E-state index contributed by atoms with van der Waals surface area (Å²) in [5.41, 5.74) is 7.08. The molecule has 1 fully saturated rings. The first-order valence-corrected chi connectivity index (χ1v) is 9.05. The van der Waals surface area contributed by atoms with E-state index in [2.05, 4.69) is 26.1 Å². The molecular formula is C19H29ClN2O. The molecule has 1 aliphatic rings. The van der Waals surface area contributed by atoms with Crippen molar-refractivity contribution in [3.63, 3.8) is 0 Å². The van der Waals surface area contributed by atoms with Gasteiger partial charge in [-0.05, 0) is 42.2 Å². The standard InChI is InChI=1S/C19H29ClN2O/c1-12(2)14-9-8-13(3)10-16(14)19(23)22-11-18(21)15-6-4-5-7-17(15)20/h4-7,12-14,16,18H,8-11,21H2,1-3H3,(H,22,23)/t13?,14?,16?,18-/m1/s1. The molecule has 2 rings (SSSR count). The Morgan fingerprint density at radius 3 is 2.70 bits per heavy atom. The third-order valence-electron chi connectivity index (χ3n) is 5.16. The van der Waals surface area contributed by atoms with Crippen LogP contribution in [0.15, 0.2) is 24.3 Å². The minimum absolute atomic E-state index is 0.109. The molecule has 4 heteroatoms. The van der Waals surface area contributed by atoms with E-state index in [9.17, 15) is 4.79 Å². The van der Waals surface area contributed by atoms with Gasteiger partial charge in [0.05, 0.1) is 0 Å². The molecule has 0 heterocycles. The van der Waals surface area contributed by atoms with Gasteiger partial charge >= 0.3 is 0 Å². The molecule has 3 unspecified atom stereocenters. The van der Waals surface area contributed by atoms with E-state index in [1.165, 1.54) is 6.42 Å². The molecular weight excluding hydrogens is 308 g/mol. The smallest absolute Gasteiger partial charge is 0.223 e. The van der Waals surface area contributed by atoms with Crippen LogP contribution in [0, 0.1) is 23.7 Å². The van der Waals surface area contributed by atoms with Crippen molar-refractivity contribution in [1.29, 1.82) is 0 Å². The number of nitrogens with one attached hydrogen (secondary N) is 1. The highest BCUT2D eigenvalue weighted by molar-refractivity contribution is 6.31. The number of carbonyl (C=O) groups excluding carboxylic acids is 1. The minimum Gasteiger partial charge on any atom is -0.354 e. The van der Waals surface area contributed by atoms with Gasteiger partial charge in [0.15, 0.2) is 0 Å². The van der Waals surface area contributed by atoms with E-state index < -0.39 is 0 Å². The van der Waals surface area contributed by atoms with Crippen molar-refractivity contribution in [2.45, 2.75) is 46.1 Å². The number of nitrogens with two attached hydrogens (primary N) is 1. The number of rotatable bonds is 5. The van der Waals surface area contributed by atoms with E-state index in [0.717, 1.165) is 18.4 Å². The highest BCUT2D eigenvalue weighted by atomic mass is 35.5. The van der Waals surface area contributed by atoms with Crippen LogP contribution < -0.4 is 11.1 Å². The Labute approximate surface area is 145 Å². The monoisotopic (exact) mass is 336 g/mol. The maximum Gasteiger partial charge on any atom is 0.223 e. The Morgan fingerprint density at radius 2 is 2.04 bits per heavy atom. The van der Waals surface area contributed by atoms with E-state index >= 15 is 0 Å². The lowest BCUT2D eigenvalue weighted by Crippen LogP contribution is -2.42. The second-order valence-electron chi connectivity index (χ2n) is 7.31. The van der Waals surface area contributed by atoms with Crippen molar-refractivity contribution in [3.8, 4) is 0 Å². The summed E-state index contributed by atoms with van der Waals surface area (Å²) in [7, 11) is 0. The van der Waals surface area contributed by atoms with Gasteiger partial charge in [0.1, 0.15) is 0 Å². The summed E-state index contributed by atoms with van der Waals surface area (Å²) in [6.45, 7) is 7.11. The van der Waals surface area contributed by atoms with Crippen LogP contribution in [0.3, 0.4) is 0 Å². The zero-order valence-electron chi connectivity index (χ0n) is 14.4. The summed E-state index contributed by atoms with van der Waals surface area (Å²) in [5, 5.41) is 3.71. The predicted molar refractivity (Wildman–Crippen MR) is 96.2 cm³/mol. The summed E-state index contributed by atoms with van der Waals surface area (Å²) in [5.74, 6) is 1.89. The first-order chi connectivity index (χ1) is 10.9. The molecule has 1 aromatic rings. The molecule has 0 saturated heterocycles. The van der Waals surface area contributed by atoms with Crippen molar-refractivity contribution < 1.29 is 4.79 Å². The number of carbonyl (C=O) groups is 1. The summed E-state index contributed by atoms with van der Waals surface area (Å²) in [6.07, 6.45) is 3.36. The lowest BCUT2D eigenvalue weighted by Gasteiger charge is -2.36. The molecule has 4 atom stereocenters. The third-order valence-corrected chi connectivity index (χ3v) is 5.50. The normalized spacial score (nSPS) is 26.1. The van der Waals surface area contributed by atoms with Crippen molar-refractivity contribution in [1.82, 2.24) is 5.32 Å². The second kappa shape index (κ2) is 8.16. The molecule has 0 bridgehead atoms. The Hall–Kier alpha value is -1.06. The topological polar surface area (TPSA) is 55.1 Å². The average molecular weight is 337 g/mol. The van der Waals surface area contributed by atoms with Gasteiger partial charge < -0.3 is 11.1 Å². The molecule has 3 N–H and O–H groups in total. The quantitative estimate of drug-likeness (QED) is 0.848. The number of amides is 1. The van der Waals surface area contributed by atoms with Crippen LogP contribution in [0.2, 0.25) is 5.02 Å². The zero-order chi connectivity index (χ0) is 17.0. The Bertz CT molecular complexity index is 532. The molecule has 128 valence electrons. The van der Waals surface area contributed by atoms with Gasteiger partial charge in [-0.15, -0.1) is 0 Å². The van der Waals surface area contributed by atoms with Crippen LogP contribution in [0.5, 0.6) is 0 Å². The molecule has 23 heavy (non-hydrogen) atoms. The van der Waals surface area contributed by atoms with Crippen molar-refractivity contribution in [3.05, 3.63) is 34.9 Å². The van der Waals surface area contributed by atoms with Crippen LogP contribution >= 0.6 is 11.6 Å². The Morgan fingerprint density at radius 1 is 1.35 bits per heavy atom. The van der Waals surface area contributed by atoms with Gasteiger partial charge in [0, 0.05) is 23.5 Å². The molecule has 0 aliphatic heterocycles. The lowest BCUT2D eigenvalue weighted by atomic mass is 9.70. The summed E-state index contributed by atoms with van der Waals surface area (Å²) >= 11 is 6.17. The van der Waals surface area contributed by atoms with Crippen molar-refractivity contribution >= 4 is 17.5 Å². The summed E-state index contributed by atoms with van der Waals surface area (Å²) in [6, 6.07) is 7.27. The fourth-order valence-corrected chi connectivity index (χ4v) is 4.01. The van der Waals surface area contributed by atoms with E-state index in [1.807, 2.05) is 24.3 Å². The van der Waals surface area contributed by atoms with Crippen LogP contribution in [0.4, 0.5) is 0 Å². The summed E-state index contributed by atoms with van der Waals surface area (Å²) in [4.78, 5) is 12.7. The van der Waals surface area contributed by atoms with Gasteiger partial charge in [-0.25, -0.2) is 0 Å². The molecule has 0 radical (unpaired) electrons. The summed E-state index contributed by atoms with van der Waals surface area (Å²) < 4.78 is 0. The van der Waals surface area contributed by atoms with Crippen molar-refractivity contribution in [2.75, 3.05) is 6.54 Å². The van der Waals surface area contributed by atoms with E-state index in [0.29, 0.717) is 29.3 Å². The molecule has 1 aliphatic carbocycles. The average Bonchev–Trinajstić information content (AvgIpc) is 2.52. The van der Waals surface area contributed by atoms with E-state index in [1.54, 1.807) is 0 Å². The Balaban J connectivity index is 1.96. The molecule has 0 spiro atoms. The van der Waals surface area contributed by atoms with Gasteiger partial charge in [-0.2, -0.15) is 0 Å². The third kappa shape index (κ3) is 4.71. The predicted octanol–water partition coefficient (Wildman–Crippen LogP) is 4.16. The molecule has 1 amide bonds. The van der Waals surface area contributed by atoms with Crippen LogP contribution in [-0.2, 0) is 4.79 Å². The van der Waals surface area contributed by atoms with Gasteiger partial charge in [0.25, 0.3) is 0 Å². The molecule has 1 saturated carbocycles. The maximum atomic E-state index is 12.7. The first-order valence-electron chi connectivity index (χ1n) is 8.67. The second-order valence-corrected chi connectivity index (χ2v) is 7.71. The highest BCUT2D eigenvalue weighted by Gasteiger charge is 2.35. The largest absolute Gasteiger partial charge is 0.354 e. The van der Waals surface area contributed by atoms with Crippen LogP contribution in [0.25, 0.3) is 0 Å². The van der Waals surface area contributed by atoms with Crippen molar-refractivity contribution in [2.24, 2.45) is 29.4 Å². The van der Waals surface area contributed by atoms with Crippen LogP contribution in [0.1, 0.15) is 51.6 Å². The first kappa shape index (κ1) is 18.3. The number of halogens is 1. The molecule has 0 aromatic heterocycles. The fraction of sp³-hybridized carbons (Fsp3) is 0.632. The maximum absolute atomic E-state index is 12.7. The van der Waals surface area contributed by atoms with Gasteiger partial charge in [-0.3, -0.25) is 4.79 Å². The highest BCUT2D eigenvalue weighted by Crippen LogP contribution is 2.38. The fourth-order valence-electron chi connectivity index (χ4n) is 3.73. The minimum atomic E-state index is -0.272. The number of hydrogen-bond donors (Lipinski definition) is 2. The lowest BCUT2D eigenvalue weighted by molar-refractivity contribution is -0.129. The molecule has 1 aromatic carbocycles. The SMILES string of the molecule is CC1CCC(C(C)C)C(C(=O)NC[C@@H](N)c2ccccc2Cl)C1. The van der Waals surface area contributed by atoms with E-state index in [-0.39, 0.29) is 17.9 Å². The number of hydrogen-bond acceptors (Lipinski definition) is 2. The molecule has 3 nitrogen and oxygen atoms in total. The van der Waals surface area contributed by atoms with Gasteiger partial charge in [0.2, 0.25) is 5.91 Å². The van der Waals surface area contributed by atoms with Gasteiger partial charge in [-0.1, -0.05) is 57.0 Å². The van der Waals surface area contributed by atoms with Crippen LogP contribution in [-0.4, -0.2) is 12.5 Å². The Kier molecular flexibility index (Phi) is 6.49. The van der Waals surface area contributed by atoms with E-state index in [4.69, 9.17) is 17.3 Å². The zero-order valence-corrected chi connectivity index (χ0v) is 15.1. The number of benzene rings is 1.